The van der Waals surface area contributed by atoms with Gasteiger partial charge in [0.1, 0.15) is 5.75 Å². The Morgan fingerprint density at radius 2 is 1.83 bits per heavy atom. The van der Waals surface area contributed by atoms with Crippen molar-refractivity contribution in [3.05, 3.63) is 59.7 Å². The average Bonchev–Trinajstić information content (AvgIpc) is 2.58. The maximum atomic E-state index is 11.9. The highest BCUT2D eigenvalue weighted by molar-refractivity contribution is 5.95. The Hall–Kier alpha value is -3.02. The summed E-state index contributed by atoms with van der Waals surface area (Å²) < 4.78 is 5.18. The average molecular weight is 313 g/mol. The summed E-state index contributed by atoms with van der Waals surface area (Å²) in [6, 6.07) is 14.4. The first kappa shape index (κ1) is 16.4. The van der Waals surface area contributed by atoms with Gasteiger partial charge in [-0.2, -0.15) is 0 Å². The number of rotatable bonds is 5. The molecule has 0 fully saturated rings. The first-order valence-electron chi connectivity index (χ1n) is 7.13. The Labute approximate surface area is 134 Å². The van der Waals surface area contributed by atoms with Gasteiger partial charge in [0.05, 0.1) is 19.3 Å². The molecule has 0 aliphatic rings. The van der Waals surface area contributed by atoms with E-state index in [-0.39, 0.29) is 18.4 Å². The molecule has 6 heteroatoms. The van der Waals surface area contributed by atoms with E-state index in [1.807, 2.05) is 25.1 Å². The number of methoxy groups -OCH3 is 1. The summed E-state index contributed by atoms with van der Waals surface area (Å²) in [7, 11) is 1.56. The van der Waals surface area contributed by atoms with Gasteiger partial charge in [0.2, 0.25) is 0 Å². The van der Waals surface area contributed by atoms with Gasteiger partial charge in [-0.15, -0.1) is 0 Å². The van der Waals surface area contributed by atoms with Gasteiger partial charge >= 0.3 is 0 Å². The van der Waals surface area contributed by atoms with E-state index in [1.54, 1.807) is 37.4 Å². The molecule has 0 unspecified atom stereocenters. The van der Waals surface area contributed by atoms with E-state index in [1.165, 1.54) is 0 Å². The van der Waals surface area contributed by atoms with Crippen molar-refractivity contribution in [2.75, 3.05) is 19.0 Å². The topological polar surface area (TPSA) is 79.5 Å². The summed E-state index contributed by atoms with van der Waals surface area (Å²) in [5.74, 6) is -0.0830. The lowest BCUT2D eigenvalue weighted by molar-refractivity contribution is -0.120. The first-order chi connectivity index (χ1) is 11.1. The Balaban J connectivity index is 1.82. The minimum absolute atomic E-state index is 0.00840. The number of amides is 2. The molecule has 0 saturated carbocycles. The number of anilines is 1. The van der Waals surface area contributed by atoms with Crippen LogP contribution in [0.2, 0.25) is 0 Å². The second kappa shape index (κ2) is 7.84. The van der Waals surface area contributed by atoms with Crippen LogP contribution in [0, 0.1) is 6.92 Å². The molecular formula is C17H19N3O3. The summed E-state index contributed by atoms with van der Waals surface area (Å²) in [6.45, 7) is 1.90. The van der Waals surface area contributed by atoms with Crippen molar-refractivity contribution in [3.8, 4) is 5.75 Å². The Kier molecular flexibility index (Phi) is 5.57. The summed E-state index contributed by atoms with van der Waals surface area (Å²) >= 11 is 0. The third-order valence-corrected chi connectivity index (χ3v) is 3.14. The van der Waals surface area contributed by atoms with Crippen LogP contribution >= 0.6 is 0 Å². The Bertz CT molecular complexity index is 701. The highest BCUT2D eigenvalue weighted by Crippen LogP contribution is 2.22. The maximum Gasteiger partial charge on any atom is 0.269 e. The molecular weight excluding hydrogens is 294 g/mol. The monoisotopic (exact) mass is 313 g/mol. The molecule has 0 radical (unpaired) electrons. The lowest BCUT2D eigenvalue weighted by atomic mass is 10.1. The number of ether oxygens (including phenoxy) is 1. The predicted octanol–water partition coefficient (Wildman–Crippen LogP) is 1.88. The Morgan fingerprint density at radius 3 is 2.57 bits per heavy atom. The highest BCUT2D eigenvalue weighted by atomic mass is 16.5. The molecule has 0 saturated heterocycles. The third kappa shape index (κ3) is 4.74. The number of carbonyl (C=O) groups is 2. The molecule has 2 aromatic rings. The normalized spacial score (nSPS) is 9.83. The number of benzene rings is 2. The minimum Gasteiger partial charge on any atom is -0.495 e. The highest BCUT2D eigenvalue weighted by Gasteiger charge is 2.08. The van der Waals surface area contributed by atoms with Gasteiger partial charge in [0, 0.05) is 5.56 Å². The second-order valence-corrected chi connectivity index (χ2v) is 4.93. The van der Waals surface area contributed by atoms with Crippen molar-refractivity contribution < 1.29 is 14.3 Å². The van der Waals surface area contributed by atoms with Gasteiger partial charge in [0.25, 0.3) is 11.8 Å². The molecule has 0 bridgehead atoms. The maximum absolute atomic E-state index is 11.9. The van der Waals surface area contributed by atoms with Crippen LogP contribution in [0.1, 0.15) is 15.9 Å². The van der Waals surface area contributed by atoms with Crippen molar-refractivity contribution in [2.45, 2.75) is 6.92 Å². The number of hydrogen-bond donors (Lipinski definition) is 3. The molecule has 2 rings (SSSR count). The van der Waals surface area contributed by atoms with Crippen molar-refractivity contribution in [1.82, 2.24) is 10.9 Å². The quantitative estimate of drug-likeness (QED) is 0.736. The molecule has 120 valence electrons. The number of hydrazine groups is 1. The van der Waals surface area contributed by atoms with E-state index in [2.05, 4.69) is 16.2 Å². The summed E-state index contributed by atoms with van der Waals surface area (Å²) in [6.07, 6.45) is 0. The number of carbonyl (C=O) groups excluding carboxylic acids is 2. The minimum atomic E-state index is -0.364. The van der Waals surface area contributed by atoms with Gasteiger partial charge < -0.3 is 10.1 Å². The standard InChI is InChI=1S/C17H19N3O3/c1-12-6-5-7-13(10-12)17(22)20-19-16(21)11-18-14-8-3-4-9-15(14)23-2/h3-10,18H,11H2,1-2H3,(H,19,21)(H,20,22). The van der Waals surface area contributed by atoms with Crippen molar-refractivity contribution in [1.29, 1.82) is 0 Å². The SMILES string of the molecule is COc1ccccc1NCC(=O)NNC(=O)c1cccc(C)c1. The second-order valence-electron chi connectivity index (χ2n) is 4.93. The van der Waals surface area contributed by atoms with E-state index in [0.29, 0.717) is 17.0 Å². The van der Waals surface area contributed by atoms with Gasteiger partial charge in [0.15, 0.2) is 0 Å². The molecule has 0 aliphatic heterocycles. The summed E-state index contributed by atoms with van der Waals surface area (Å²) in [5.41, 5.74) is 6.91. The lowest BCUT2D eigenvalue weighted by Crippen LogP contribution is -2.44. The molecule has 23 heavy (non-hydrogen) atoms. The van der Waals surface area contributed by atoms with Crippen LogP contribution in [0.15, 0.2) is 48.5 Å². The van der Waals surface area contributed by atoms with Gasteiger partial charge in [-0.3, -0.25) is 20.4 Å². The zero-order chi connectivity index (χ0) is 16.7. The van der Waals surface area contributed by atoms with E-state index in [4.69, 9.17) is 4.74 Å². The molecule has 0 aromatic heterocycles. The van der Waals surface area contributed by atoms with Crippen molar-refractivity contribution in [2.24, 2.45) is 0 Å². The largest absolute Gasteiger partial charge is 0.495 e. The van der Waals surface area contributed by atoms with Crippen LogP contribution in [-0.2, 0) is 4.79 Å². The zero-order valence-corrected chi connectivity index (χ0v) is 13.1. The molecule has 3 N–H and O–H groups in total. The predicted molar refractivity (Wildman–Crippen MR) is 88.3 cm³/mol. The van der Waals surface area contributed by atoms with Crippen molar-refractivity contribution >= 4 is 17.5 Å². The third-order valence-electron chi connectivity index (χ3n) is 3.14. The van der Waals surface area contributed by atoms with Gasteiger partial charge in [-0.1, -0.05) is 29.8 Å². The van der Waals surface area contributed by atoms with Crippen LogP contribution in [-0.4, -0.2) is 25.5 Å². The van der Waals surface area contributed by atoms with Gasteiger partial charge in [-0.25, -0.2) is 0 Å². The number of hydrogen-bond acceptors (Lipinski definition) is 4. The van der Waals surface area contributed by atoms with Crippen LogP contribution < -0.4 is 20.9 Å². The molecule has 2 amide bonds. The number of para-hydroxylation sites is 2. The fourth-order valence-corrected chi connectivity index (χ4v) is 2.00. The fourth-order valence-electron chi connectivity index (χ4n) is 2.00. The Morgan fingerprint density at radius 1 is 1.04 bits per heavy atom. The van der Waals surface area contributed by atoms with E-state index in [0.717, 1.165) is 5.56 Å². The lowest BCUT2D eigenvalue weighted by Gasteiger charge is -2.11. The fraction of sp³-hybridized carbons (Fsp3) is 0.176. The molecule has 0 heterocycles. The molecule has 0 aliphatic carbocycles. The number of aryl methyl sites for hydroxylation is 1. The van der Waals surface area contributed by atoms with Crippen LogP contribution in [0.3, 0.4) is 0 Å². The van der Waals surface area contributed by atoms with Crippen LogP contribution in [0.5, 0.6) is 5.75 Å². The summed E-state index contributed by atoms with van der Waals surface area (Å²) in [4.78, 5) is 23.7. The van der Waals surface area contributed by atoms with E-state index < -0.39 is 0 Å². The summed E-state index contributed by atoms with van der Waals surface area (Å²) in [5, 5.41) is 2.95. The molecule has 6 nitrogen and oxygen atoms in total. The molecule has 0 spiro atoms. The van der Waals surface area contributed by atoms with Crippen LogP contribution in [0.4, 0.5) is 5.69 Å². The molecule has 2 aromatic carbocycles. The number of nitrogens with one attached hydrogen (secondary N) is 3. The first-order valence-corrected chi connectivity index (χ1v) is 7.13. The van der Waals surface area contributed by atoms with E-state index in [9.17, 15) is 9.59 Å². The zero-order valence-electron chi connectivity index (χ0n) is 13.1. The van der Waals surface area contributed by atoms with E-state index >= 15 is 0 Å². The van der Waals surface area contributed by atoms with Crippen molar-refractivity contribution in [3.63, 3.8) is 0 Å². The van der Waals surface area contributed by atoms with Crippen LogP contribution in [0.25, 0.3) is 0 Å². The molecule has 0 atom stereocenters. The van der Waals surface area contributed by atoms with Gasteiger partial charge in [-0.05, 0) is 31.2 Å². The smallest absolute Gasteiger partial charge is 0.269 e.